The van der Waals surface area contributed by atoms with E-state index < -0.39 is 17.4 Å². The largest absolute Gasteiger partial charge is 1.00 e. The van der Waals surface area contributed by atoms with E-state index in [9.17, 15) is 14.4 Å². The zero-order chi connectivity index (χ0) is 24.8. The molecule has 36 heavy (non-hydrogen) atoms. The number of aryl methyl sites for hydroxylation is 1. The predicted octanol–water partition coefficient (Wildman–Crippen LogP) is -0.470. The van der Waals surface area contributed by atoms with Crippen LogP contribution in [-0.2, 0) is 22.6 Å². The fraction of sp³-hybridized carbons (Fsp3) is 0.120. The number of hydrogen-bond donors (Lipinski definition) is 3. The van der Waals surface area contributed by atoms with E-state index in [1.54, 1.807) is 78.5 Å². The van der Waals surface area contributed by atoms with Gasteiger partial charge in [-0.3, -0.25) is 14.4 Å². The van der Waals surface area contributed by atoms with Crippen LogP contribution in [0.1, 0.15) is 11.3 Å². The average Bonchev–Trinajstić information content (AvgIpc) is 2.84. The van der Waals surface area contributed by atoms with Gasteiger partial charge in [0.15, 0.2) is 12.4 Å². The van der Waals surface area contributed by atoms with Gasteiger partial charge in [-0.05, 0) is 42.8 Å². The molecule has 2 aromatic carbocycles. The second kappa shape index (κ2) is 12.4. The number of aromatic amines is 1. The van der Waals surface area contributed by atoms with Gasteiger partial charge in [0.2, 0.25) is 6.54 Å². The minimum atomic E-state index is -0.586. The summed E-state index contributed by atoms with van der Waals surface area (Å²) < 4.78 is 1.66. The van der Waals surface area contributed by atoms with Crippen LogP contribution in [0.4, 0.5) is 5.69 Å². The van der Waals surface area contributed by atoms with E-state index in [1.807, 2.05) is 6.07 Å². The number of nitrogens with one attached hydrogen (secondary N) is 3. The first-order valence-corrected chi connectivity index (χ1v) is 11.1. The molecule has 0 bridgehead atoms. The lowest BCUT2D eigenvalue weighted by molar-refractivity contribution is -0.684. The molecule has 0 aliphatic carbocycles. The van der Waals surface area contributed by atoms with Crippen LogP contribution in [0.2, 0.25) is 5.02 Å². The Labute approximate surface area is 228 Å². The van der Waals surface area contributed by atoms with E-state index in [2.05, 4.69) is 25.8 Å². The lowest BCUT2D eigenvalue weighted by Crippen LogP contribution is -3.00. The van der Waals surface area contributed by atoms with Crippen LogP contribution in [0.25, 0.3) is 11.0 Å². The molecule has 0 spiro atoms. The number of carbonyl (C=O) groups is 2. The Bertz CT molecular complexity index is 1490. The van der Waals surface area contributed by atoms with Gasteiger partial charge in [-0.25, -0.2) is 10.4 Å². The van der Waals surface area contributed by atoms with E-state index in [1.165, 1.54) is 0 Å². The van der Waals surface area contributed by atoms with Gasteiger partial charge in [-0.2, -0.15) is 9.67 Å². The van der Waals surface area contributed by atoms with Crippen molar-refractivity contribution in [2.75, 3.05) is 5.32 Å². The lowest BCUT2D eigenvalue weighted by atomic mass is 10.1. The minimum absolute atomic E-state index is 0. The van der Waals surface area contributed by atoms with Crippen molar-refractivity contribution >= 4 is 45.8 Å². The molecule has 11 heteroatoms. The first-order valence-electron chi connectivity index (χ1n) is 10.7. The summed E-state index contributed by atoms with van der Waals surface area (Å²) in [6.45, 7) is 1.80. The van der Waals surface area contributed by atoms with Gasteiger partial charge in [0.25, 0.3) is 11.5 Å². The zero-order valence-corrected chi connectivity index (χ0v) is 22.1. The standard InChI is InChI=1S/C25H21ClN6O3.HI/c1-16-13-17(26)9-10-18(16)28-25(35)22(30-31-23(33)15-32-11-5-2-6-12-32)14-21-24(34)29-20-8-4-3-7-19(20)27-21;/h2-13H,14-15H2,1H3,(H2-,28,29,31,33,34,35);1H. The fourth-order valence-corrected chi connectivity index (χ4v) is 3.58. The molecule has 2 aromatic heterocycles. The van der Waals surface area contributed by atoms with E-state index in [-0.39, 0.29) is 48.3 Å². The smallest absolute Gasteiger partial charge is 0.305 e. The predicted molar refractivity (Wildman–Crippen MR) is 133 cm³/mol. The molecule has 0 atom stereocenters. The van der Waals surface area contributed by atoms with Crippen molar-refractivity contribution in [3.8, 4) is 0 Å². The number of hydrazone groups is 1. The Morgan fingerprint density at radius 1 is 1.08 bits per heavy atom. The summed E-state index contributed by atoms with van der Waals surface area (Å²) in [5.74, 6) is -1.02. The molecule has 4 rings (SSSR count). The quantitative estimate of drug-likeness (QED) is 0.113. The number of carbonyl (C=O) groups excluding carboxylic acids is 2. The first kappa shape index (κ1) is 27.0. The molecule has 0 aliphatic rings. The first-order chi connectivity index (χ1) is 16.9. The lowest BCUT2D eigenvalue weighted by Gasteiger charge is -2.11. The fourth-order valence-electron chi connectivity index (χ4n) is 3.35. The normalized spacial score (nSPS) is 11.0. The molecule has 0 unspecified atom stereocenters. The van der Waals surface area contributed by atoms with Gasteiger partial charge in [-0.15, -0.1) is 0 Å². The van der Waals surface area contributed by atoms with E-state index in [0.29, 0.717) is 21.7 Å². The highest BCUT2D eigenvalue weighted by Crippen LogP contribution is 2.19. The van der Waals surface area contributed by atoms with Crippen molar-refractivity contribution in [2.24, 2.45) is 5.10 Å². The molecule has 0 saturated carbocycles. The van der Waals surface area contributed by atoms with Crippen molar-refractivity contribution in [1.82, 2.24) is 15.4 Å². The molecule has 9 nitrogen and oxygen atoms in total. The Hall–Kier alpha value is -3.64. The highest BCUT2D eigenvalue weighted by atomic mass is 127. The number of hydrogen-bond acceptors (Lipinski definition) is 5. The summed E-state index contributed by atoms with van der Waals surface area (Å²) in [6, 6.07) is 17.5. The second-order valence-electron chi connectivity index (χ2n) is 7.76. The third-order valence-corrected chi connectivity index (χ3v) is 5.36. The topological polar surface area (TPSA) is 120 Å². The number of rotatable bonds is 7. The van der Waals surface area contributed by atoms with Gasteiger partial charge in [0.1, 0.15) is 11.4 Å². The number of aromatic nitrogens is 3. The molecule has 2 amide bonds. The molecule has 0 fully saturated rings. The average molecular weight is 617 g/mol. The maximum atomic E-state index is 13.1. The van der Waals surface area contributed by atoms with E-state index in [0.717, 1.165) is 5.56 Å². The summed E-state index contributed by atoms with van der Waals surface area (Å²) in [7, 11) is 0. The summed E-state index contributed by atoms with van der Waals surface area (Å²) in [4.78, 5) is 45.3. The van der Waals surface area contributed by atoms with Crippen LogP contribution in [-0.4, -0.2) is 27.5 Å². The van der Waals surface area contributed by atoms with Crippen LogP contribution in [0, 0.1) is 6.92 Å². The molecule has 3 N–H and O–H groups in total. The Morgan fingerprint density at radius 2 is 1.83 bits per heavy atom. The maximum Gasteiger partial charge on any atom is 0.305 e. The molecule has 4 aromatic rings. The minimum Gasteiger partial charge on any atom is -1.00 e. The number of nitrogens with zero attached hydrogens (tertiary/aromatic N) is 3. The summed E-state index contributed by atoms with van der Waals surface area (Å²) in [5.41, 5.74) is 4.39. The van der Waals surface area contributed by atoms with Crippen LogP contribution in [0.3, 0.4) is 0 Å². The highest BCUT2D eigenvalue weighted by molar-refractivity contribution is 6.43. The number of amides is 2. The molecule has 0 aliphatic heterocycles. The monoisotopic (exact) mass is 616 g/mol. The van der Waals surface area contributed by atoms with Gasteiger partial charge in [0, 0.05) is 29.3 Å². The Morgan fingerprint density at radius 3 is 2.58 bits per heavy atom. The Balaban J connectivity index is 0.00000361. The van der Waals surface area contributed by atoms with Crippen molar-refractivity contribution in [1.29, 1.82) is 0 Å². The van der Waals surface area contributed by atoms with E-state index >= 15 is 0 Å². The third-order valence-electron chi connectivity index (χ3n) is 5.12. The number of anilines is 1. The summed E-state index contributed by atoms with van der Waals surface area (Å²) in [6.07, 6.45) is 3.27. The highest BCUT2D eigenvalue weighted by Gasteiger charge is 2.19. The molecule has 2 heterocycles. The molecular weight excluding hydrogens is 595 g/mol. The second-order valence-corrected chi connectivity index (χ2v) is 8.20. The van der Waals surface area contributed by atoms with Crippen LogP contribution in [0.15, 0.2) is 83.0 Å². The summed E-state index contributed by atoms with van der Waals surface area (Å²) in [5, 5.41) is 7.35. The van der Waals surface area contributed by atoms with Gasteiger partial charge in [-0.1, -0.05) is 29.8 Å². The van der Waals surface area contributed by atoms with Crippen molar-refractivity contribution in [3.63, 3.8) is 0 Å². The van der Waals surface area contributed by atoms with Crippen molar-refractivity contribution in [2.45, 2.75) is 19.9 Å². The van der Waals surface area contributed by atoms with Crippen LogP contribution >= 0.6 is 11.6 Å². The van der Waals surface area contributed by atoms with Crippen LogP contribution < -0.4 is 44.8 Å². The van der Waals surface area contributed by atoms with Gasteiger partial charge in [0.05, 0.1) is 11.0 Å². The summed E-state index contributed by atoms with van der Waals surface area (Å²) >= 11 is 6.01. The molecule has 184 valence electrons. The number of para-hydroxylation sites is 2. The number of fused-ring (bicyclic) bond motifs is 1. The molecule has 0 saturated heterocycles. The van der Waals surface area contributed by atoms with Gasteiger partial charge < -0.3 is 34.3 Å². The SMILES string of the molecule is Cc1cc(Cl)ccc1NC(=O)/C(Cc1nc2ccccc2[nH]c1=O)=N\NC(=O)C[n+]1ccccc1.[I-]. The molecule has 0 radical (unpaired) electrons. The molecular formula is C25H22ClIN6O3. The number of benzene rings is 2. The number of pyridine rings is 1. The zero-order valence-electron chi connectivity index (χ0n) is 19.2. The van der Waals surface area contributed by atoms with Crippen molar-refractivity contribution < 1.29 is 38.1 Å². The number of H-pyrrole nitrogens is 1. The van der Waals surface area contributed by atoms with E-state index in [4.69, 9.17) is 11.6 Å². The van der Waals surface area contributed by atoms with Crippen molar-refractivity contribution in [3.05, 3.63) is 99.7 Å². The third kappa shape index (κ3) is 6.95. The van der Waals surface area contributed by atoms with Crippen LogP contribution in [0.5, 0.6) is 0 Å². The Kier molecular flexibility index (Phi) is 9.25. The van der Waals surface area contributed by atoms with Gasteiger partial charge >= 0.3 is 5.91 Å². The maximum absolute atomic E-state index is 13.1. The number of halogens is 2.